The van der Waals surface area contributed by atoms with Crippen LogP contribution in [0.2, 0.25) is 0 Å². The molecule has 0 bridgehead atoms. The van der Waals surface area contributed by atoms with E-state index in [0.717, 1.165) is 24.8 Å². The zero-order chi connectivity index (χ0) is 16.5. The second-order valence-corrected chi connectivity index (χ2v) is 5.25. The number of hydrogen-bond donors (Lipinski definition) is 2. The van der Waals surface area contributed by atoms with Crippen LogP contribution in [0.25, 0.3) is 0 Å². The molecule has 1 amide bonds. The van der Waals surface area contributed by atoms with E-state index in [2.05, 4.69) is 10.4 Å². The Labute approximate surface area is 135 Å². The minimum Gasteiger partial charge on any atom is -0.324 e. The van der Waals surface area contributed by atoms with Crippen molar-refractivity contribution >= 4 is 17.8 Å². The van der Waals surface area contributed by atoms with Crippen LogP contribution in [0.3, 0.4) is 0 Å². The van der Waals surface area contributed by atoms with E-state index in [1.807, 2.05) is 24.3 Å². The molecule has 3 N–H and O–H groups in total. The average molecular weight is 313 g/mol. The van der Waals surface area contributed by atoms with Gasteiger partial charge in [-0.3, -0.25) is 4.79 Å². The van der Waals surface area contributed by atoms with E-state index in [4.69, 9.17) is 5.84 Å². The molecule has 0 aromatic heterocycles. The van der Waals surface area contributed by atoms with Crippen molar-refractivity contribution in [1.29, 1.82) is 0 Å². The first-order valence-electron chi connectivity index (χ1n) is 7.55. The van der Waals surface area contributed by atoms with Gasteiger partial charge in [0.1, 0.15) is 5.82 Å². The van der Waals surface area contributed by atoms with Crippen LogP contribution in [0.15, 0.2) is 53.6 Å². The second kappa shape index (κ2) is 8.68. The molecule has 0 aliphatic rings. The van der Waals surface area contributed by atoms with Gasteiger partial charge in [-0.2, -0.15) is 5.10 Å². The first-order valence-corrected chi connectivity index (χ1v) is 7.55. The fraction of sp³-hybridized carbons (Fsp3) is 0.222. The highest BCUT2D eigenvalue weighted by molar-refractivity contribution is 5.90. The van der Waals surface area contributed by atoms with Gasteiger partial charge in [0.15, 0.2) is 0 Å². The van der Waals surface area contributed by atoms with Crippen molar-refractivity contribution in [3.63, 3.8) is 0 Å². The molecule has 0 atom stereocenters. The van der Waals surface area contributed by atoms with Crippen molar-refractivity contribution in [1.82, 2.24) is 0 Å². The van der Waals surface area contributed by atoms with Crippen LogP contribution in [0.5, 0.6) is 0 Å². The zero-order valence-electron chi connectivity index (χ0n) is 12.8. The van der Waals surface area contributed by atoms with Gasteiger partial charge in [-0.15, -0.1) is 0 Å². The van der Waals surface area contributed by atoms with Gasteiger partial charge in [-0.05, 0) is 42.5 Å². The molecule has 4 nitrogen and oxygen atoms in total. The number of hydrogen-bond acceptors (Lipinski definition) is 3. The molecule has 2 aromatic rings. The quantitative estimate of drug-likeness (QED) is 0.356. The maximum Gasteiger partial charge on any atom is 0.224 e. The number of rotatable bonds is 7. The maximum absolute atomic E-state index is 13.4. The lowest BCUT2D eigenvalue weighted by molar-refractivity contribution is -0.116. The number of anilines is 1. The topological polar surface area (TPSA) is 67.5 Å². The lowest BCUT2D eigenvalue weighted by Gasteiger charge is -2.06. The smallest absolute Gasteiger partial charge is 0.224 e. The normalized spacial score (nSPS) is 10.8. The Kier molecular flexibility index (Phi) is 6.29. The Balaban J connectivity index is 1.70. The van der Waals surface area contributed by atoms with Crippen molar-refractivity contribution in [3.05, 3.63) is 65.5 Å². The van der Waals surface area contributed by atoms with Gasteiger partial charge >= 0.3 is 0 Å². The number of halogens is 1. The third-order valence-electron chi connectivity index (χ3n) is 3.47. The van der Waals surface area contributed by atoms with Gasteiger partial charge in [0, 0.05) is 6.42 Å². The number of aryl methyl sites for hydroxylation is 1. The summed E-state index contributed by atoms with van der Waals surface area (Å²) in [6.07, 6.45) is 4.53. The van der Waals surface area contributed by atoms with Gasteiger partial charge < -0.3 is 11.2 Å². The highest BCUT2D eigenvalue weighted by Gasteiger charge is 2.05. The summed E-state index contributed by atoms with van der Waals surface area (Å²) in [6, 6.07) is 14.1. The number of benzene rings is 2. The predicted octanol–water partition coefficient (Wildman–Crippen LogP) is 3.47. The zero-order valence-corrected chi connectivity index (χ0v) is 12.8. The number of nitrogens with two attached hydrogens (primary N) is 1. The molecule has 0 unspecified atom stereocenters. The standard InChI is InChI=1S/C18H20FN3O/c19-16-6-2-3-7-17(16)22-18(23)8-4-1-5-14-9-11-15(12-10-14)13-21-20/h2-3,6-7,9-13H,1,4-5,8,20H2,(H,22,23)/b21-13+. The van der Waals surface area contributed by atoms with Gasteiger partial charge in [0.2, 0.25) is 5.91 Å². The minimum atomic E-state index is -0.415. The fourth-order valence-electron chi connectivity index (χ4n) is 2.25. The Hall–Kier alpha value is -2.69. The van der Waals surface area contributed by atoms with E-state index in [-0.39, 0.29) is 11.6 Å². The largest absolute Gasteiger partial charge is 0.324 e. The monoisotopic (exact) mass is 313 g/mol. The molecule has 2 rings (SSSR count). The van der Waals surface area contributed by atoms with Crippen LogP contribution in [0.4, 0.5) is 10.1 Å². The summed E-state index contributed by atoms with van der Waals surface area (Å²) in [7, 11) is 0. The molecular weight excluding hydrogens is 293 g/mol. The van der Waals surface area contributed by atoms with Gasteiger partial charge in [0.05, 0.1) is 11.9 Å². The lowest BCUT2D eigenvalue weighted by Crippen LogP contribution is -2.12. The first kappa shape index (κ1) is 16.7. The Morgan fingerprint density at radius 3 is 2.57 bits per heavy atom. The number of nitrogens with one attached hydrogen (secondary N) is 1. The molecule has 0 fully saturated rings. The number of amides is 1. The summed E-state index contributed by atoms with van der Waals surface area (Å²) in [5.74, 6) is 4.52. The van der Waals surface area contributed by atoms with Gasteiger partial charge in [-0.1, -0.05) is 36.4 Å². The van der Waals surface area contributed by atoms with Gasteiger partial charge in [-0.25, -0.2) is 4.39 Å². The Morgan fingerprint density at radius 2 is 1.87 bits per heavy atom. The number of carbonyl (C=O) groups is 1. The van der Waals surface area contributed by atoms with Crippen molar-refractivity contribution in [2.24, 2.45) is 10.9 Å². The third-order valence-corrected chi connectivity index (χ3v) is 3.47. The van der Waals surface area contributed by atoms with E-state index in [1.54, 1.807) is 24.4 Å². The van der Waals surface area contributed by atoms with Crippen LogP contribution in [0, 0.1) is 5.82 Å². The maximum atomic E-state index is 13.4. The highest BCUT2D eigenvalue weighted by Crippen LogP contribution is 2.13. The molecule has 5 heteroatoms. The number of carbonyl (C=O) groups excluding carboxylic acids is 1. The molecule has 0 saturated heterocycles. The summed E-state index contributed by atoms with van der Waals surface area (Å²) in [6.45, 7) is 0. The number of nitrogens with zero attached hydrogens (tertiary/aromatic N) is 1. The third kappa shape index (κ3) is 5.54. The molecule has 0 aliphatic carbocycles. The molecule has 0 heterocycles. The molecule has 2 aromatic carbocycles. The summed E-state index contributed by atoms with van der Waals surface area (Å²) >= 11 is 0. The Bertz CT molecular complexity index is 668. The molecular formula is C18H20FN3O. The number of para-hydroxylation sites is 1. The SMILES string of the molecule is N/N=C/c1ccc(CCCCC(=O)Nc2ccccc2F)cc1. The molecule has 23 heavy (non-hydrogen) atoms. The van der Waals surface area contributed by atoms with Crippen molar-refractivity contribution in [3.8, 4) is 0 Å². The second-order valence-electron chi connectivity index (χ2n) is 5.25. The first-order chi connectivity index (χ1) is 11.2. The summed E-state index contributed by atoms with van der Waals surface area (Å²) < 4.78 is 13.4. The van der Waals surface area contributed by atoms with E-state index in [1.165, 1.54) is 11.6 Å². The van der Waals surface area contributed by atoms with Crippen LogP contribution in [-0.2, 0) is 11.2 Å². The molecule has 0 aliphatic heterocycles. The van der Waals surface area contributed by atoms with Crippen molar-refractivity contribution in [2.75, 3.05) is 5.32 Å². The lowest BCUT2D eigenvalue weighted by atomic mass is 10.1. The Morgan fingerprint density at radius 1 is 1.13 bits per heavy atom. The number of unbranched alkanes of at least 4 members (excludes halogenated alkanes) is 1. The predicted molar refractivity (Wildman–Crippen MR) is 90.8 cm³/mol. The van der Waals surface area contributed by atoms with Crippen molar-refractivity contribution in [2.45, 2.75) is 25.7 Å². The van der Waals surface area contributed by atoms with Crippen LogP contribution < -0.4 is 11.2 Å². The fourth-order valence-corrected chi connectivity index (χ4v) is 2.25. The van der Waals surface area contributed by atoms with E-state index >= 15 is 0 Å². The van der Waals surface area contributed by atoms with Crippen LogP contribution >= 0.6 is 0 Å². The highest BCUT2D eigenvalue weighted by atomic mass is 19.1. The van der Waals surface area contributed by atoms with Gasteiger partial charge in [0.25, 0.3) is 0 Å². The van der Waals surface area contributed by atoms with Crippen LogP contribution in [-0.4, -0.2) is 12.1 Å². The molecule has 120 valence electrons. The van der Waals surface area contributed by atoms with Crippen molar-refractivity contribution < 1.29 is 9.18 Å². The molecule has 0 spiro atoms. The van der Waals surface area contributed by atoms with E-state index in [9.17, 15) is 9.18 Å². The summed E-state index contributed by atoms with van der Waals surface area (Å²) in [5, 5.41) is 6.06. The summed E-state index contributed by atoms with van der Waals surface area (Å²) in [4.78, 5) is 11.8. The minimum absolute atomic E-state index is 0.162. The number of hydrazone groups is 1. The average Bonchev–Trinajstić information content (AvgIpc) is 2.55. The molecule has 0 saturated carbocycles. The molecule has 0 radical (unpaired) electrons. The van der Waals surface area contributed by atoms with E-state index < -0.39 is 5.82 Å². The van der Waals surface area contributed by atoms with E-state index in [0.29, 0.717) is 6.42 Å². The summed E-state index contributed by atoms with van der Waals surface area (Å²) in [5.41, 5.74) is 2.39. The van der Waals surface area contributed by atoms with Crippen LogP contribution in [0.1, 0.15) is 30.4 Å².